The van der Waals surface area contributed by atoms with Gasteiger partial charge in [-0.15, -0.1) is 0 Å². The molecular weight excluding hydrogens is 370 g/mol. The van der Waals surface area contributed by atoms with Crippen LogP contribution < -0.4 is 4.74 Å². The van der Waals surface area contributed by atoms with Crippen LogP contribution in [0.4, 0.5) is 0 Å². The van der Waals surface area contributed by atoms with Crippen molar-refractivity contribution >= 4 is 5.97 Å². The average Bonchev–Trinajstić information content (AvgIpc) is 2.80. The number of carbonyl (C=O) groups excluding carboxylic acids is 1. The molecule has 0 spiro atoms. The van der Waals surface area contributed by atoms with Crippen molar-refractivity contribution in [3.05, 3.63) is 101 Å². The Morgan fingerprint density at radius 1 is 0.800 bits per heavy atom. The summed E-state index contributed by atoms with van der Waals surface area (Å²) in [6.45, 7) is 1.99. The number of ether oxygens (including phenoxy) is 1. The molecule has 0 aromatic heterocycles. The molecule has 1 fully saturated rings. The summed E-state index contributed by atoms with van der Waals surface area (Å²) in [6.07, 6.45) is 4.60. The van der Waals surface area contributed by atoms with E-state index >= 15 is 0 Å². The van der Waals surface area contributed by atoms with Crippen molar-refractivity contribution in [1.82, 2.24) is 0 Å². The SMILES string of the molecule is Cc1ccc(C(=O)Oc2ccc(C3CCC(c4ccc(C#N)cc4)CC3)cc2)cc1. The molecule has 3 heteroatoms. The predicted octanol–water partition coefficient (Wildman–Crippen LogP) is 6.53. The highest BCUT2D eigenvalue weighted by Crippen LogP contribution is 2.40. The van der Waals surface area contributed by atoms with Crippen LogP contribution >= 0.6 is 0 Å². The van der Waals surface area contributed by atoms with Gasteiger partial charge in [0, 0.05) is 0 Å². The summed E-state index contributed by atoms with van der Waals surface area (Å²) in [7, 11) is 0. The Morgan fingerprint density at radius 3 is 1.80 bits per heavy atom. The highest BCUT2D eigenvalue weighted by Gasteiger charge is 2.23. The van der Waals surface area contributed by atoms with Crippen molar-refractivity contribution in [3.63, 3.8) is 0 Å². The minimum absolute atomic E-state index is 0.328. The average molecular weight is 396 g/mol. The molecule has 3 aromatic rings. The number of esters is 1. The number of rotatable bonds is 4. The Bertz CT molecular complexity index is 1040. The normalized spacial score (nSPS) is 18.4. The van der Waals surface area contributed by atoms with Crippen LogP contribution in [0.2, 0.25) is 0 Å². The van der Waals surface area contributed by atoms with E-state index in [9.17, 15) is 4.79 Å². The maximum absolute atomic E-state index is 12.3. The number of nitrogens with zero attached hydrogens (tertiary/aromatic N) is 1. The molecule has 0 heterocycles. The van der Waals surface area contributed by atoms with E-state index in [1.54, 1.807) is 12.1 Å². The molecule has 0 unspecified atom stereocenters. The summed E-state index contributed by atoms with van der Waals surface area (Å²) in [5, 5.41) is 8.96. The predicted molar refractivity (Wildman–Crippen MR) is 118 cm³/mol. The lowest BCUT2D eigenvalue weighted by atomic mass is 9.76. The molecule has 0 radical (unpaired) electrons. The number of nitriles is 1. The van der Waals surface area contributed by atoms with Gasteiger partial charge in [-0.1, -0.05) is 42.0 Å². The molecule has 1 aliphatic carbocycles. The zero-order valence-electron chi connectivity index (χ0n) is 17.2. The number of hydrogen-bond acceptors (Lipinski definition) is 3. The van der Waals surface area contributed by atoms with Gasteiger partial charge in [0.15, 0.2) is 0 Å². The standard InChI is InChI=1S/C27H25NO2/c1-19-2-6-25(7-3-19)27(29)30-26-16-14-24(15-17-26)23-12-10-22(11-13-23)21-8-4-20(18-28)5-9-21/h2-9,14-17,22-23H,10-13H2,1H3. The largest absolute Gasteiger partial charge is 0.423 e. The molecule has 30 heavy (non-hydrogen) atoms. The molecule has 3 nitrogen and oxygen atoms in total. The van der Waals surface area contributed by atoms with E-state index in [0.717, 1.165) is 36.8 Å². The number of aryl methyl sites for hydroxylation is 1. The van der Waals surface area contributed by atoms with Crippen LogP contribution in [0.1, 0.15) is 70.1 Å². The van der Waals surface area contributed by atoms with Crippen molar-refractivity contribution in [1.29, 1.82) is 5.26 Å². The molecule has 150 valence electrons. The van der Waals surface area contributed by atoms with Gasteiger partial charge in [0.1, 0.15) is 5.75 Å². The summed E-state index contributed by atoms with van der Waals surface area (Å²) in [6, 6.07) is 25.6. The lowest BCUT2D eigenvalue weighted by Crippen LogP contribution is -2.12. The monoisotopic (exact) mass is 395 g/mol. The second kappa shape index (κ2) is 8.97. The second-order valence-electron chi connectivity index (χ2n) is 8.11. The Labute approximate surface area is 177 Å². The molecule has 1 saturated carbocycles. The molecule has 3 aromatic carbocycles. The van der Waals surface area contributed by atoms with Gasteiger partial charge in [-0.3, -0.25) is 0 Å². The number of benzene rings is 3. The van der Waals surface area contributed by atoms with Gasteiger partial charge in [-0.25, -0.2) is 4.79 Å². The minimum Gasteiger partial charge on any atom is -0.423 e. The molecule has 4 rings (SSSR count). The number of carbonyl (C=O) groups is 1. The summed E-state index contributed by atoms with van der Waals surface area (Å²) >= 11 is 0. The van der Waals surface area contributed by atoms with Crippen molar-refractivity contribution < 1.29 is 9.53 Å². The first-order valence-corrected chi connectivity index (χ1v) is 10.5. The quantitative estimate of drug-likeness (QED) is 0.373. The van der Waals surface area contributed by atoms with Crippen LogP contribution in [-0.4, -0.2) is 5.97 Å². The van der Waals surface area contributed by atoms with E-state index in [1.807, 2.05) is 43.3 Å². The zero-order valence-corrected chi connectivity index (χ0v) is 17.2. The highest BCUT2D eigenvalue weighted by molar-refractivity contribution is 5.91. The lowest BCUT2D eigenvalue weighted by molar-refractivity contribution is 0.0734. The fourth-order valence-corrected chi connectivity index (χ4v) is 4.25. The van der Waals surface area contributed by atoms with Crippen LogP contribution in [0, 0.1) is 18.3 Å². The third kappa shape index (κ3) is 4.60. The molecule has 0 bridgehead atoms. The van der Waals surface area contributed by atoms with Gasteiger partial charge in [0.25, 0.3) is 0 Å². The van der Waals surface area contributed by atoms with Gasteiger partial charge in [-0.2, -0.15) is 5.26 Å². The maximum atomic E-state index is 12.3. The van der Waals surface area contributed by atoms with Crippen LogP contribution in [0.3, 0.4) is 0 Å². The van der Waals surface area contributed by atoms with Crippen LogP contribution in [-0.2, 0) is 0 Å². The Kier molecular flexibility index (Phi) is 5.95. The van der Waals surface area contributed by atoms with Crippen LogP contribution in [0.25, 0.3) is 0 Å². The topological polar surface area (TPSA) is 50.1 Å². The van der Waals surface area contributed by atoms with Gasteiger partial charge >= 0.3 is 5.97 Å². The van der Waals surface area contributed by atoms with Crippen molar-refractivity contribution in [2.24, 2.45) is 0 Å². The summed E-state index contributed by atoms with van der Waals surface area (Å²) < 4.78 is 5.51. The Balaban J connectivity index is 1.34. The number of hydrogen-bond donors (Lipinski definition) is 0. The fraction of sp³-hybridized carbons (Fsp3) is 0.259. The fourth-order valence-electron chi connectivity index (χ4n) is 4.25. The third-order valence-electron chi connectivity index (χ3n) is 6.09. The van der Waals surface area contributed by atoms with E-state index in [-0.39, 0.29) is 5.97 Å². The first kappa shape index (κ1) is 19.9. The lowest BCUT2D eigenvalue weighted by Gasteiger charge is -2.29. The molecule has 0 atom stereocenters. The maximum Gasteiger partial charge on any atom is 0.343 e. The van der Waals surface area contributed by atoms with E-state index in [2.05, 4.69) is 30.3 Å². The summed E-state index contributed by atoms with van der Waals surface area (Å²) in [5.41, 5.74) is 5.04. The van der Waals surface area contributed by atoms with Crippen molar-refractivity contribution in [3.8, 4) is 11.8 Å². The molecular formula is C27H25NO2. The van der Waals surface area contributed by atoms with Crippen LogP contribution in [0.15, 0.2) is 72.8 Å². The molecule has 0 aliphatic heterocycles. The summed E-state index contributed by atoms with van der Waals surface area (Å²) in [5.74, 6) is 1.37. The van der Waals surface area contributed by atoms with Gasteiger partial charge in [0.05, 0.1) is 17.2 Å². The Hall–Kier alpha value is -3.38. The molecule has 1 aliphatic rings. The first-order valence-electron chi connectivity index (χ1n) is 10.5. The zero-order chi connectivity index (χ0) is 20.9. The minimum atomic E-state index is -0.328. The van der Waals surface area contributed by atoms with Crippen LogP contribution in [0.5, 0.6) is 5.75 Å². The highest BCUT2D eigenvalue weighted by atomic mass is 16.5. The third-order valence-corrected chi connectivity index (χ3v) is 6.09. The second-order valence-corrected chi connectivity index (χ2v) is 8.11. The first-order chi connectivity index (χ1) is 14.6. The van der Waals surface area contributed by atoms with Gasteiger partial charge in [0.2, 0.25) is 0 Å². The smallest absolute Gasteiger partial charge is 0.343 e. The van der Waals surface area contributed by atoms with Gasteiger partial charge in [-0.05, 0) is 92.0 Å². The Morgan fingerprint density at radius 2 is 1.30 bits per heavy atom. The van der Waals surface area contributed by atoms with E-state index < -0.39 is 0 Å². The van der Waals surface area contributed by atoms with Gasteiger partial charge < -0.3 is 4.74 Å². The van der Waals surface area contributed by atoms with E-state index in [0.29, 0.717) is 23.1 Å². The molecule has 0 N–H and O–H groups in total. The van der Waals surface area contributed by atoms with E-state index in [1.165, 1.54) is 11.1 Å². The molecule has 0 saturated heterocycles. The summed E-state index contributed by atoms with van der Waals surface area (Å²) in [4.78, 5) is 12.3. The van der Waals surface area contributed by atoms with Crippen molar-refractivity contribution in [2.75, 3.05) is 0 Å². The van der Waals surface area contributed by atoms with E-state index in [4.69, 9.17) is 10.00 Å². The molecule has 0 amide bonds. The van der Waals surface area contributed by atoms with Crippen molar-refractivity contribution in [2.45, 2.75) is 44.4 Å².